The standard InChI is InChI=1S/C13H18N2O4S/c1-6(5-7(2)16)14-8-10(17)15-9(12(18)19)13(3,4)20-11(8)15/h8-9,11H,5H2,1-4H3,(H,18,19)/t8-,9+,11-/m1/s1. The van der Waals surface area contributed by atoms with E-state index in [0.29, 0.717) is 5.71 Å². The molecule has 6 nitrogen and oxygen atoms in total. The third-order valence-corrected chi connectivity index (χ3v) is 5.07. The lowest BCUT2D eigenvalue weighted by Crippen LogP contribution is -2.65. The Hall–Kier alpha value is -1.37. The second-order valence-corrected chi connectivity index (χ2v) is 7.56. The fourth-order valence-electron chi connectivity index (χ4n) is 2.75. The number of aliphatic carboxylic acids is 1. The minimum atomic E-state index is -0.985. The van der Waals surface area contributed by atoms with Crippen LogP contribution in [0.15, 0.2) is 4.99 Å². The Bertz CT molecular complexity index is 515. The molecule has 0 aromatic carbocycles. The molecule has 2 rings (SSSR count). The van der Waals surface area contributed by atoms with Crippen molar-refractivity contribution in [3.63, 3.8) is 0 Å². The topological polar surface area (TPSA) is 87.0 Å². The molecule has 2 fully saturated rings. The van der Waals surface area contributed by atoms with Crippen LogP contribution in [0.5, 0.6) is 0 Å². The first-order chi connectivity index (χ1) is 9.15. The summed E-state index contributed by atoms with van der Waals surface area (Å²) >= 11 is 1.46. The Balaban J connectivity index is 2.19. The summed E-state index contributed by atoms with van der Waals surface area (Å²) in [6.07, 6.45) is 0.229. The third kappa shape index (κ3) is 2.34. The number of β-lactam (4-membered cyclic amide) rings is 1. The van der Waals surface area contributed by atoms with Crippen LogP contribution in [-0.2, 0) is 14.4 Å². The number of carbonyl (C=O) groups is 3. The average molecular weight is 298 g/mol. The van der Waals surface area contributed by atoms with E-state index in [-0.39, 0.29) is 23.5 Å². The molecule has 1 N–H and O–H groups in total. The Morgan fingerprint density at radius 1 is 1.40 bits per heavy atom. The van der Waals surface area contributed by atoms with Gasteiger partial charge in [0.05, 0.1) is 0 Å². The lowest BCUT2D eigenvalue weighted by Gasteiger charge is -2.41. The molecular formula is C13H18N2O4S. The van der Waals surface area contributed by atoms with Crippen molar-refractivity contribution in [3.05, 3.63) is 0 Å². The summed E-state index contributed by atoms with van der Waals surface area (Å²) in [7, 11) is 0. The van der Waals surface area contributed by atoms with Crippen LogP contribution in [0.4, 0.5) is 0 Å². The summed E-state index contributed by atoms with van der Waals surface area (Å²) in [5.41, 5.74) is 0.618. The molecule has 1 amide bonds. The van der Waals surface area contributed by atoms with E-state index in [0.717, 1.165) is 0 Å². The fourth-order valence-corrected chi connectivity index (χ4v) is 4.37. The molecule has 2 saturated heterocycles. The highest BCUT2D eigenvalue weighted by Gasteiger charge is 2.63. The number of ketones is 1. The van der Waals surface area contributed by atoms with E-state index in [2.05, 4.69) is 4.99 Å². The van der Waals surface area contributed by atoms with Crippen molar-refractivity contribution in [3.8, 4) is 0 Å². The van der Waals surface area contributed by atoms with Crippen LogP contribution < -0.4 is 0 Å². The second-order valence-electron chi connectivity index (χ2n) is 5.79. The van der Waals surface area contributed by atoms with Crippen LogP contribution >= 0.6 is 11.8 Å². The maximum Gasteiger partial charge on any atom is 0.327 e. The molecule has 3 atom stereocenters. The summed E-state index contributed by atoms with van der Waals surface area (Å²) in [4.78, 5) is 40.2. The number of rotatable bonds is 4. The van der Waals surface area contributed by atoms with Crippen molar-refractivity contribution >= 4 is 35.1 Å². The van der Waals surface area contributed by atoms with Crippen molar-refractivity contribution in [1.82, 2.24) is 4.90 Å². The van der Waals surface area contributed by atoms with Crippen LogP contribution in [0.25, 0.3) is 0 Å². The molecule has 7 heteroatoms. The highest BCUT2D eigenvalue weighted by atomic mass is 32.2. The van der Waals surface area contributed by atoms with Gasteiger partial charge in [0.15, 0.2) is 6.04 Å². The smallest absolute Gasteiger partial charge is 0.327 e. The second kappa shape index (κ2) is 4.87. The molecule has 20 heavy (non-hydrogen) atoms. The first kappa shape index (κ1) is 15.0. The minimum absolute atomic E-state index is 0.00213. The summed E-state index contributed by atoms with van der Waals surface area (Å²) in [5, 5.41) is 9.05. The summed E-state index contributed by atoms with van der Waals surface area (Å²) in [6, 6.07) is -1.37. The van der Waals surface area contributed by atoms with Gasteiger partial charge in [-0.3, -0.25) is 14.6 Å². The minimum Gasteiger partial charge on any atom is -0.480 e. The van der Waals surface area contributed by atoms with Gasteiger partial charge in [-0.25, -0.2) is 4.79 Å². The maximum atomic E-state index is 12.1. The van der Waals surface area contributed by atoms with Crippen LogP contribution in [-0.4, -0.2) is 55.6 Å². The first-order valence-electron chi connectivity index (χ1n) is 6.40. The van der Waals surface area contributed by atoms with Gasteiger partial charge in [0.25, 0.3) is 5.91 Å². The van der Waals surface area contributed by atoms with Crippen LogP contribution in [0.1, 0.15) is 34.1 Å². The molecule has 0 saturated carbocycles. The zero-order chi connectivity index (χ0) is 15.2. The molecule has 110 valence electrons. The molecule has 0 spiro atoms. The molecule has 0 aliphatic carbocycles. The lowest BCUT2D eigenvalue weighted by molar-refractivity contribution is -0.158. The number of amides is 1. The number of thioether (sulfide) groups is 1. The zero-order valence-corrected chi connectivity index (χ0v) is 12.7. The van der Waals surface area contributed by atoms with E-state index in [1.807, 2.05) is 13.8 Å². The first-order valence-corrected chi connectivity index (χ1v) is 7.28. The van der Waals surface area contributed by atoms with Gasteiger partial charge in [-0.2, -0.15) is 0 Å². The third-order valence-electron chi connectivity index (χ3n) is 3.51. The van der Waals surface area contributed by atoms with Gasteiger partial charge in [0.2, 0.25) is 0 Å². The van der Waals surface area contributed by atoms with E-state index < -0.39 is 22.8 Å². The Morgan fingerprint density at radius 3 is 2.50 bits per heavy atom. The summed E-state index contributed by atoms with van der Waals surface area (Å²) < 4.78 is -0.537. The van der Waals surface area contributed by atoms with E-state index in [4.69, 9.17) is 0 Å². The Morgan fingerprint density at radius 2 is 2.00 bits per heavy atom. The van der Waals surface area contributed by atoms with Crippen LogP contribution in [0.2, 0.25) is 0 Å². The highest BCUT2D eigenvalue weighted by molar-refractivity contribution is 8.01. The molecule has 0 unspecified atom stereocenters. The molecule has 2 aliphatic rings. The highest BCUT2D eigenvalue weighted by Crippen LogP contribution is 2.51. The fraction of sp³-hybridized carbons (Fsp3) is 0.692. The van der Waals surface area contributed by atoms with Crippen LogP contribution in [0, 0.1) is 0 Å². The number of carboxylic acid groups (broad SMARTS) is 1. The van der Waals surface area contributed by atoms with Crippen LogP contribution in [0.3, 0.4) is 0 Å². The zero-order valence-electron chi connectivity index (χ0n) is 11.9. The molecule has 2 aliphatic heterocycles. The summed E-state index contributed by atoms with van der Waals surface area (Å²) in [5.74, 6) is -1.25. The van der Waals surface area contributed by atoms with Gasteiger partial charge in [0.1, 0.15) is 17.2 Å². The predicted octanol–water partition coefficient (Wildman–Crippen LogP) is 0.942. The maximum absolute atomic E-state index is 12.1. The average Bonchev–Trinajstić information content (AvgIpc) is 2.54. The molecule has 0 radical (unpaired) electrons. The molecule has 0 aromatic rings. The van der Waals surface area contributed by atoms with Gasteiger partial charge in [0, 0.05) is 16.9 Å². The largest absolute Gasteiger partial charge is 0.480 e. The van der Waals surface area contributed by atoms with Gasteiger partial charge in [-0.05, 0) is 27.7 Å². The summed E-state index contributed by atoms with van der Waals surface area (Å²) in [6.45, 7) is 6.84. The predicted molar refractivity (Wildman–Crippen MR) is 75.9 cm³/mol. The van der Waals surface area contributed by atoms with E-state index in [1.165, 1.54) is 23.6 Å². The number of fused-ring (bicyclic) bond motifs is 1. The number of nitrogens with zero attached hydrogens (tertiary/aromatic N) is 2. The molecule has 0 aromatic heterocycles. The van der Waals surface area contributed by atoms with Gasteiger partial charge in [-0.15, -0.1) is 11.8 Å². The van der Waals surface area contributed by atoms with E-state index in [1.54, 1.807) is 6.92 Å². The normalized spacial score (nSPS) is 31.8. The van der Waals surface area contributed by atoms with E-state index in [9.17, 15) is 19.5 Å². The quantitative estimate of drug-likeness (QED) is 0.616. The monoisotopic (exact) mass is 298 g/mol. The van der Waals surface area contributed by atoms with Crippen molar-refractivity contribution in [2.24, 2.45) is 4.99 Å². The molecular weight excluding hydrogens is 280 g/mol. The van der Waals surface area contributed by atoms with Crippen molar-refractivity contribution in [1.29, 1.82) is 0 Å². The molecule has 2 heterocycles. The van der Waals surface area contributed by atoms with E-state index >= 15 is 0 Å². The number of hydrogen-bond donors (Lipinski definition) is 1. The number of carbonyl (C=O) groups excluding carboxylic acids is 2. The SMILES string of the molecule is CC(=O)CC(C)=N[C@@H]1C(=O)N2[C@@H]1SC(C)(C)[C@@H]2C(=O)O. The number of carboxylic acids is 1. The van der Waals surface area contributed by atoms with Crippen molar-refractivity contribution < 1.29 is 19.5 Å². The lowest BCUT2D eigenvalue weighted by atomic mass is 9.96. The number of hydrogen-bond acceptors (Lipinski definition) is 5. The Kier molecular flexibility index (Phi) is 3.66. The van der Waals surface area contributed by atoms with Gasteiger partial charge >= 0.3 is 5.97 Å². The van der Waals surface area contributed by atoms with Crippen molar-refractivity contribution in [2.45, 2.75) is 56.3 Å². The van der Waals surface area contributed by atoms with Crippen molar-refractivity contribution in [2.75, 3.05) is 0 Å². The van der Waals surface area contributed by atoms with Gasteiger partial charge < -0.3 is 10.0 Å². The van der Waals surface area contributed by atoms with Gasteiger partial charge in [-0.1, -0.05) is 0 Å². The number of aliphatic imine (C=N–C) groups is 1. The Labute approximate surface area is 121 Å². The molecule has 0 bridgehead atoms. The number of Topliss-reactive ketones (excluding diaryl/α,β-unsaturated/α-hetero) is 1.